The fourth-order valence-corrected chi connectivity index (χ4v) is 2.43. The highest BCUT2D eigenvalue weighted by Gasteiger charge is 2.28. The van der Waals surface area contributed by atoms with Gasteiger partial charge in [0.25, 0.3) is 0 Å². The Hall–Kier alpha value is -1.96. The van der Waals surface area contributed by atoms with Gasteiger partial charge in [0, 0.05) is 19.6 Å². The number of amides is 2. The van der Waals surface area contributed by atoms with Crippen LogP contribution in [0.25, 0.3) is 0 Å². The SMILES string of the molecule is CC1CCN(C(=O)NCc2cccc(OCC(F)(F)F)c2)CC1O. The van der Waals surface area contributed by atoms with E-state index in [0.717, 1.165) is 6.42 Å². The van der Waals surface area contributed by atoms with Crippen molar-refractivity contribution in [3.63, 3.8) is 0 Å². The van der Waals surface area contributed by atoms with E-state index < -0.39 is 18.9 Å². The van der Waals surface area contributed by atoms with Crippen LogP contribution in [0.2, 0.25) is 0 Å². The average molecular weight is 346 g/mol. The van der Waals surface area contributed by atoms with Gasteiger partial charge in [-0.3, -0.25) is 0 Å². The Balaban J connectivity index is 1.84. The van der Waals surface area contributed by atoms with Gasteiger partial charge >= 0.3 is 12.2 Å². The van der Waals surface area contributed by atoms with Crippen LogP contribution in [0.5, 0.6) is 5.75 Å². The van der Waals surface area contributed by atoms with Gasteiger partial charge in [-0.1, -0.05) is 19.1 Å². The number of carbonyl (C=O) groups excluding carboxylic acids is 1. The zero-order valence-corrected chi connectivity index (χ0v) is 13.3. The summed E-state index contributed by atoms with van der Waals surface area (Å²) in [5.74, 6) is 0.262. The fourth-order valence-electron chi connectivity index (χ4n) is 2.43. The Morgan fingerprint density at radius 3 is 2.88 bits per heavy atom. The molecule has 1 heterocycles. The van der Waals surface area contributed by atoms with Crippen LogP contribution < -0.4 is 10.1 Å². The number of ether oxygens (including phenoxy) is 1. The normalized spacial score (nSPS) is 21.5. The van der Waals surface area contributed by atoms with Crippen LogP contribution in [0.4, 0.5) is 18.0 Å². The maximum Gasteiger partial charge on any atom is 0.422 e. The van der Waals surface area contributed by atoms with Crippen molar-refractivity contribution in [1.82, 2.24) is 10.2 Å². The molecule has 5 nitrogen and oxygen atoms in total. The molecule has 1 aliphatic heterocycles. The molecule has 0 aromatic heterocycles. The molecule has 1 aliphatic rings. The van der Waals surface area contributed by atoms with Gasteiger partial charge in [0.1, 0.15) is 5.75 Å². The second-order valence-corrected chi connectivity index (χ2v) is 5.99. The maximum absolute atomic E-state index is 12.2. The molecule has 0 radical (unpaired) electrons. The second kappa shape index (κ2) is 7.74. The summed E-state index contributed by atoms with van der Waals surface area (Å²) in [7, 11) is 0. The third-order valence-corrected chi connectivity index (χ3v) is 3.95. The molecule has 134 valence electrons. The first kappa shape index (κ1) is 18.4. The van der Waals surface area contributed by atoms with Crippen LogP contribution in [-0.2, 0) is 6.54 Å². The van der Waals surface area contributed by atoms with Crippen molar-refractivity contribution in [2.45, 2.75) is 32.2 Å². The number of nitrogens with zero attached hydrogens (tertiary/aromatic N) is 1. The molecule has 0 spiro atoms. The Bertz CT molecular complexity index is 566. The van der Waals surface area contributed by atoms with E-state index in [1.807, 2.05) is 6.92 Å². The van der Waals surface area contributed by atoms with Crippen molar-refractivity contribution in [2.75, 3.05) is 19.7 Å². The highest BCUT2D eigenvalue weighted by molar-refractivity contribution is 5.74. The summed E-state index contributed by atoms with van der Waals surface area (Å²) < 4.78 is 41.1. The fraction of sp³-hybridized carbons (Fsp3) is 0.562. The zero-order valence-electron chi connectivity index (χ0n) is 13.3. The molecule has 2 atom stereocenters. The van der Waals surface area contributed by atoms with Gasteiger partial charge in [0.2, 0.25) is 0 Å². The van der Waals surface area contributed by atoms with E-state index in [0.29, 0.717) is 12.1 Å². The minimum Gasteiger partial charge on any atom is -0.484 e. The van der Waals surface area contributed by atoms with E-state index in [-0.39, 0.29) is 30.8 Å². The minimum atomic E-state index is -4.39. The van der Waals surface area contributed by atoms with Crippen molar-refractivity contribution < 1.29 is 27.8 Å². The molecule has 0 bridgehead atoms. The van der Waals surface area contributed by atoms with E-state index >= 15 is 0 Å². The zero-order chi connectivity index (χ0) is 17.7. The number of rotatable bonds is 4. The van der Waals surface area contributed by atoms with E-state index in [9.17, 15) is 23.1 Å². The topological polar surface area (TPSA) is 61.8 Å². The quantitative estimate of drug-likeness (QED) is 0.881. The summed E-state index contributed by atoms with van der Waals surface area (Å²) in [4.78, 5) is 13.6. The van der Waals surface area contributed by atoms with Gasteiger partial charge in [0.05, 0.1) is 6.10 Å². The van der Waals surface area contributed by atoms with Crippen LogP contribution in [0.1, 0.15) is 18.9 Å². The summed E-state index contributed by atoms with van der Waals surface area (Å²) in [6.45, 7) is 1.60. The minimum absolute atomic E-state index is 0.0984. The molecule has 0 aliphatic carbocycles. The van der Waals surface area contributed by atoms with Gasteiger partial charge < -0.3 is 20.1 Å². The molecular weight excluding hydrogens is 325 g/mol. The maximum atomic E-state index is 12.2. The van der Waals surface area contributed by atoms with E-state index in [2.05, 4.69) is 10.1 Å². The number of aliphatic hydroxyl groups is 1. The largest absolute Gasteiger partial charge is 0.484 e. The first-order valence-electron chi connectivity index (χ1n) is 7.74. The summed E-state index contributed by atoms with van der Waals surface area (Å²) in [6, 6.07) is 5.84. The molecule has 2 unspecified atom stereocenters. The molecule has 1 aromatic rings. The summed E-state index contributed by atoms with van der Waals surface area (Å²) in [5, 5.41) is 12.5. The van der Waals surface area contributed by atoms with E-state index in [4.69, 9.17) is 0 Å². The molecular formula is C16H21F3N2O3. The lowest BCUT2D eigenvalue weighted by Gasteiger charge is -2.34. The number of nitrogens with one attached hydrogen (secondary N) is 1. The third-order valence-electron chi connectivity index (χ3n) is 3.95. The molecule has 1 fully saturated rings. The molecule has 0 saturated carbocycles. The molecule has 2 amide bonds. The second-order valence-electron chi connectivity index (χ2n) is 5.99. The number of β-amino-alcohol motifs (C(OH)–C–C–N with tert-alkyl or cyclic N) is 1. The predicted octanol–water partition coefficient (Wildman–Crippen LogP) is 2.54. The summed E-state index contributed by atoms with van der Waals surface area (Å²) in [5.41, 5.74) is 0.633. The predicted molar refractivity (Wildman–Crippen MR) is 81.6 cm³/mol. The molecule has 1 saturated heterocycles. The van der Waals surface area contributed by atoms with Crippen molar-refractivity contribution in [3.05, 3.63) is 29.8 Å². The van der Waals surface area contributed by atoms with Crippen LogP contribution >= 0.6 is 0 Å². The Morgan fingerprint density at radius 2 is 2.21 bits per heavy atom. The van der Waals surface area contributed by atoms with Crippen LogP contribution in [0, 0.1) is 5.92 Å². The number of hydrogen-bond donors (Lipinski definition) is 2. The standard InChI is InChI=1S/C16H21F3N2O3/c1-11-5-6-21(9-14(11)22)15(23)20-8-12-3-2-4-13(7-12)24-10-16(17,18)19/h2-4,7,11,14,22H,5-6,8-10H2,1H3,(H,20,23). The highest BCUT2D eigenvalue weighted by Crippen LogP contribution is 2.20. The molecule has 8 heteroatoms. The van der Waals surface area contributed by atoms with Gasteiger partial charge in [-0.25, -0.2) is 4.79 Å². The van der Waals surface area contributed by atoms with Gasteiger partial charge in [-0.05, 0) is 30.0 Å². The highest BCUT2D eigenvalue weighted by atomic mass is 19.4. The van der Waals surface area contributed by atoms with Crippen molar-refractivity contribution in [3.8, 4) is 5.75 Å². The number of benzene rings is 1. The number of carbonyl (C=O) groups is 1. The Morgan fingerprint density at radius 1 is 1.46 bits per heavy atom. The molecule has 2 N–H and O–H groups in total. The first-order valence-corrected chi connectivity index (χ1v) is 7.74. The first-order chi connectivity index (χ1) is 11.2. The molecule has 2 rings (SSSR count). The van der Waals surface area contributed by atoms with Crippen molar-refractivity contribution in [2.24, 2.45) is 5.92 Å². The molecule has 24 heavy (non-hydrogen) atoms. The van der Waals surface area contributed by atoms with Gasteiger partial charge in [0.15, 0.2) is 6.61 Å². The Kier molecular flexibility index (Phi) is 5.93. The lowest BCUT2D eigenvalue weighted by Crippen LogP contribution is -2.49. The van der Waals surface area contributed by atoms with E-state index in [1.54, 1.807) is 12.1 Å². The molecule has 1 aromatic carbocycles. The smallest absolute Gasteiger partial charge is 0.422 e. The lowest BCUT2D eigenvalue weighted by molar-refractivity contribution is -0.153. The lowest BCUT2D eigenvalue weighted by atomic mass is 9.96. The number of aliphatic hydroxyl groups excluding tert-OH is 1. The van der Waals surface area contributed by atoms with Crippen molar-refractivity contribution >= 4 is 6.03 Å². The van der Waals surface area contributed by atoms with Crippen LogP contribution in [0.3, 0.4) is 0 Å². The number of alkyl halides is 3. The number of piperidine rings is 1. The van der Waals surface area contributed by atoms with Gasteiger partial charge in [-0.15, -0.1) is 0 Å². The number of urea groups is 1. The Labute approximate surface area is 138 Å². The monoisotopic (exact) mass is 346 g/mol. The number of halogens is 3. The summed E-state index contributed by atoms with van der Waals surface area (Å²) >= 11 is 0. The van der Waals surface area contributed by atoms with Gasteiger partial charge in [-0.2, -0.15) is 13.2 Å². The number of likely N-dealkylation sites (tertiary alicyclic amines) is 1. The summed E-state index contributed by atoms with van der Waals surface area (Å²) in [6.07, 6.45) is -4.20. The van der Waals surface area contributed by atoms with E-state index in [1.165, 1.54) is 17.0 Å². The van der Waals surface area contributed by atoms with Crippen molar-refractivity contribution in [1.29, 1.82) is 0 Å². The number of hydrogen-bond acceptors (Lipinski definition) is 3. The average Bonchev–Trinajstić information content (AvgIpc) is 2.53. The van der Waals surface area contributed by atoms with Crippen LogP contribution in [0.15, 0.2) is 24.3 Å². The third kappa shape index (κ3) is 5.59. The van der Waals surface area contributed by atoms with Crippen LogP contribution in [-0.4, -0.2) is 48.0 Å².